The van der Waals surface area contributed by atoms with E-state index in [1.165, 1.54) is 4.90 Å². The monoisotopic (exact) mass is 296 g/mol. The molecule has 1 fully saturated rings. The SMILES string of the molecule is CCSc1cccc(NC(=O)CC2CSCCN2)c1. The molecule has 5 heteroatoms. The first-order valence-corrected chi connectivity index (χ1v) is 8.76. The highest BCUT2D eigenvalue weighted by molar-refractivity contribution is 7.99. The summed E-state index contributed by atoms with van der Waals surface area (Å²) < 4.78 is 0. The van der Waals surface area contributed by atoms with Crippen molar-refractivity contribution in [3.05, 3.63) is 24.3 Å². The van der Waals surface area contributed by atoms with Gasteiger partial charge in [-0.3, -0.25) is 4.79 Å². The maximum Gasteiger partial charge on any atom is 0.225 e. The molecule has 0 spiro atoms. The van der Waals surface area contributed by atoms with Crippen LogP contribution in [0.25, 0.3) is 0 Å². The van der Waals surface area contributed by atoms with Crippen LogP contribution in [-0.2, 0) is 4.79 Å². The van der Waals surface area contributed by atoms with Gasteiger partial charge in [0.1, 0.15) is 0 Å². The van der Waals surface area contributed by atoms with Crippen LogP contribution < -0.4 is 10.6 Å². The minimum atomic E-state index is 0.0960. The van der Waals surface area contributed by atoms with Gasteiger partial charge in [-0.1, -0.05) is 13.0 Å². The molecule has 1 aromatic carbocycles. The van der Waals surface area contributed by atoms with Crippen LogP contribution in [0.2, 0.25) is 0 Å². The molecule has 19 heavy (non-hydrogen) atoms. The zero-order chi connectivity index (χ0) is 13.5. The standard InChI is InChI=1S/C14H20N2OS2/c1-2-19-13-5-3-4-11(8-13)16-14(17)9-12-10-18-7-6-15-12/h3-5,8,12,15H,2,6-7,9-10H2,1H3,(H,16,17). The highest BCUT2D eigenvalue weighted by atomic mass is 32.2. The number of carbonyl (C=O) groups is 1. The molecule has 1 saturated heterocycles. The lowest BCUT2D eigenvalue weighted by Crippen LogP contribution is -2.39. The van der Waals surface area contributed by atoms with Gasteiger partial charge in [0, 0.05) is 41.1 Å². The maximum absolute atomic E-state index is 12.0. The molecule has 1 aromatic rings. The van der Waals surface area contributed by atoms with Crippen LogP contribution >= 0.6 is 23.5 Å². The largest absolute Gasteiger partial charge is 0.326 e. The van der Waals surface area contributed by atoms with Gasteiger partial charge in [0.2, 0.25) is 5.91 Å². The van der Waals surface area contributed by atoms with Gasteiger partial charge >= 0.3 is 0 Å². The average molecular weight is 296 g/mol. The van der Waals surface area contributed by atoms with E-state index >= 15 is 0 Å². The van der Waals surface area contributed by atoms with Crippen molar-refractivity contribution in [2.24, 2.45) is 0 Å². The van der Waals surface area contributed by atoms with Gasteiger partial charge in [0.15, 0.2) is 0 Å². The molecule has 0 radical (unpaired) electrons. The van der Waals surface area contributed by atoms with E-state index in [1.807, 2.05) is 30.0 Å². The van der Waals surface area contributed by atoms with E-state index < -0.39 is 0 Å². The molecule has 2 rings (SSSR count). The predicted octanol–water partition coefficient (Wildman–Crippen LogP) is 2.83. The molecule has 2 N–H and O–H groups in total. The lowest BCUT2D eigenvalue weighted by atomic mass is 10.2. The summed E-state index contributed by atoms with van der Waals surface area (Å²) in [5.74, 6) is 3.31. The number of rotatable bonds is 5. The number of benzene rings is 1. The van der Waals surface area contributed by atoms with Gasteiger partial charge in [-0.25, -0.2) is 0 Å². The molecule has 1 unspecified atom stereocenters. The number of carbonyl (C=O) groups excluding carboxylic acids is 1. The van der Waals surface area contributed by atoms with Gasteiger partial charge in [-0.05, 0) is 24.0 Å². The molecule has 104 valence electrons. The Morgan fingerprint density at radius 3 is 3.21 bits per heavy atom. The van der Waals surface area contributed by atoms with Crippen LogP contribution in [0, 0.1) is 0 Å². The first-order chi connectivity index (χ1) is 9.28. The zero-order valence-electron chi connectivity index (χ0n) is 11.1. The summed E-state index contributed by atoms with van der Waals surface area (Å²) >= 11 is 3.70. The summed E-state index contributed by atoms with van der Waals surface area (Å²) in [6.45, 7) is 3.13. The summed E-state index contributed by atoms with van der Waals surface area (Å²) in [6, 6.07) is 8.35. The lowest BCUT2D eigenvalue weighted by Gasteiger charge is -2.22. The van der Waals surface area contributed by atoms with Crippen molar-refractivity contribution >= 4 is 35.1 Å². The Morgan fingerprint density at radius 2 is 2.47 bits per heavy atom. The van der Waals surface area contributed by atoms with Crippen LogP contribution in [0.3, 0.4) is 0 Å². The molecule has 1 aliphatic heterocycles. The first-order valence-electron chi connectivity index (χ1n) is 6.62. The van der Waals surface area contributed by atoms with Crippen LogP contribution in [-0.4, -0.2) is 35.8 Å². The predicted molar refractivity (Wildman–Crippen MR) is 85.2 cm³/mol. The molecular formula is C14H20N2OS2. The summed E-state index contributed by atoms with van der Waals surface area (Å²) in [6.07, 6.45) is 0.554. The van der Waals surface area contributed by atoms with Crippen molar-refractivity contribution in [3.8, 4) is 0 Å². The second-order valence-corrected chi connectivity index (χ2v) is 6.93. The fourth-order valence-electron chi connectivity index (χ4n) is 2.02. The Hall–Kier alpha value is -0.650. The Bertz CT molecular complexity index is 420. The summed E-state index contributed by atoms with van der Waals surface area (Å²) in [5, 5.41) is 6.37. The molecular weight excluding hydrogens is 276 g/mol. The van der Waals surface area contributed by atoms with E-state index in [0.29, 0.717) is 12.5 Å². The molecule has 1 atom stereocenters. The maximum atomic E-state index is 12.0. The average Bonchev–Trinajstić information content (AvgIpc) is 2.40. The Morgan fingerprint density at radius 1 is 1.58 bits per heavy atom. The molecule has 0 aromatic heterocycles. The van der Waals surface area contributed by atoms with Crippen molar-refractivity contribution in [3.63, 3.8) is 0 Å². The topological polar surface area (TPSA) is 41.1 Å². The van der Waals surface area contributed by atoms with Gasteiger partial charge in [-0.2, -0.15) is 11.8 Å². The molecule has 0 bridgehead atoms. The molecule has 0 aliphatic carbocycles. The third kappa shape index (κ3) is 5.09. The smallest absolute Gasteiger partial charge is 0.225 e. The zero-order valence-corrected chi connectivity index (χ0v) is 12.8. The van der Waals surface area contributed by atoms with Crippen LogP contribution in [0.15, 0.2) is 29.2 Å². The number of hydrogen-bond acceptors (Lipinski definition) is 4. The van der Waals surface area contributed by atoms with Gasteiger partial charge in [0.05, 0.1) is 0 Å². The molecule has 1 aliphatic rings. The summed E-state index contributed by atoms with van der Waals surface area (Å²) in [7, 11) is 0. The second kappa shape index (κ2) is 7.82. The van der Waals surface area contributed by atoms with Gasteiger partial charge in [0.25, 0.3) is 0 Å². The lowest BCUT2D eigenvalue weighted by molar-refractivity contribution is -0.116. The summed E-state index contributed by atoms with van der Waals surface area (Å²) in [5.41, 5.74) is 0.895. The molecule has 3 nitrogen and oxygen atoms in total. The quantitative estimate of drug-likeness (QED) is 0.820. The molecule has 1 amide bonds. The Kier molecular flexibility index (Phi) is 6.07. The first kappa shape index (κ1) is 14.8. The Balaban J connectivity index is 1.85. The van der Waals surface area contributed by atoms with Crippen LogP contribution in [0.5, 0.6) is 0 Å². The highest BCUT2D eigenvalue weighted by Crippen LogP contribution is 2.21. The fourth-order valence-corrected chi connectivity index (χ4v) is 3.68. The van der Waals surface area contributed by atoms with Crippen molar-refractivity contribution < 1.29 is 4.79 Å². The van der Waals surface area contributed by atoms with E-state index in [1.54, 1.807) is 11.8 Å². The number of anilines is 1. The fraction of sp³-hybridized carbons (Fsp3) is 0.500. The van der Waals surface area contributed by atoms with Crippen molar-refractivity contribution in [2.75, 3.05) is 29.1 Å². The number of nitrogens with one attached hydrogen (secondary N) is 2. The van der Waals surface area contributed by atoms with Crippen LogP contribution in [0.1, 0.15) is 13.3 Å². The number of hydrogen-bond donors (Lipinski definition) is 2. The molecule has 1 heterocycles. The van der Waals surface area contributed by atoms with E-state index in [9.17, 15) is 4.79 Å². The van der Waals surface area contributed by atoms with Crippen molar-refractivity contribution in [2.45, 2.75) is 24.3 Å². The number of amides is 1. The van der Waals surface area contributed by atoms with Crippen molar-refractivity contribution in [1.82, 2.24) is 5.32 Å². The third-order valence-electron chi connectivity index (χ3n) is 2.86. The number of thioether (sulfide) groups is 2. The highest BCUT2D eigenvalue weighted by Gasteiger charge is 2.16. The normalized spacial score (nSPS) is 19.1. The summed E-state index contributed by atoms with van der Waals surface area (Å²) in [4.78, 5) is 13.2. The van der Waals surface area contributed by atoms with E-state index in [4.69, 9.17) is 0 Å². The third-order valence-corrected chi connectivity index (χ3v) is 4.87. The Labute approximate surface area is 123 Å². The van der Waals surface area contributed by atoms with E-state index in [-0.39, 0.29) is 5.91 Å². The molecule has 0 saturated carbocycles. The van der Waals surface area contributed by atoms with Crippen molar-refractivity contribution in [1.29, 1.82) is 0 Å². The van der Waals surface area contributed by atoms with E-state index in [2.05, 4.69) is 23.6 Å². The minimum absolute atomic E-state index is 0.0960. The van der Waals surface area contributed by atoms with E-state index in [0.717, 1.165) is 29.5 Å². The minimum Gasteiger partial charge on any atom is -0.326 e. The van der Waals surface area contributed by atoms with Gasteiger partial charge < -0.3 is 10.6 Å². The van der Waals surface area contributed by atoms with Crippen LogP contribution in [0.4, 0.5) is 5.69 Å². The van der Waals surface area contributed by atoms with Gasteiger partial charge in [-0.15, -0.1) is 11.8 Å². The second-order valence-electron chi connectivity index (χ2n) is 4.44.